The summed E-state index contributed by atoms with van der Waals surface area (Å²) in [5.74, 6) is 1.94. The number of hydrogen-bond donors (Lipinski definition) is 2. The van der Waals surface area contributed by atoms with E-state index in [0.717, 1.165) is 36.3 Å². The predicted molar refractivity (Wildman–Crippen MR) is 126 cm³/mol. The minimum Gasteiger partial charge on any atom is -0.496 e. The number of ether oxygens (including phenoxy) is 1. The first-order valence-electron chi connectivity index (χ1n) is 10.8. The van der Waals surface area contributed by atoms with Crippen LogP contribution in [-0.2, 0) is 0 Å². The standard InChI is InChI=1S/C24H25N7O2/c1-30-12-5-6-17(30)23-29-20(21-22(25)27-11-13-31(21)23)15-8-9-16(18(14-15)33-2)24(32)28-19-7-3-4-10-26-19/h3-4,7-11,13-14,17H,5-6,12H2,1-2H3,(H2,25,27)(H,26,28,32). The second-order valence-corrected chi connectivity index (χ2v) is 8.07. The maximum Gasteiger partial charge on any atom is 0.260 e. The van der Waals surface area contributed by atoms with Crippen LogP contribution >= 0.6 is 0 Å². The van der Waals surface area contributed by atoms with Crippen molar-refractivity contribution < 1.29 is 9.53 Å². The summed E-state index contributed by atoms with van der Waals surface area (Å²) in [4.78, 5) is 28.6. The van der Waals surface area contributed by atoms with Crippen LogP contribution in [0.25, 0.3) is 16.8 Å². The number of methoxy groups -OCH3 is 1. The molecule has 1 aliphatic rings. The van der Waals surface area contributed by atoms with Crippen molar-refractivity contribution in [1.82, 2.24) is 24.3 Å². The van der Waals surface area contributed by atoms with E-state index >= 15 is 0 Å². The minimum absolute atomic E-state index is 0.207. The lowest BCUT2D eigenvalue weighted by molar-refractivity contribution is 0.102. The Labute approximate surface area is 191 Å². The molecule has 0 spiro atoms. The Hall–Kier alpha value is -3.98. The number of nitrogens with one attached hydrogen (secondary N) is 1. The van der Waals surface area contributed by atoms with E-state index in [1.165, 1.54) is 7.11 Å². The average molecular weight is 444 g/mol. The Morgan fingerprint density at radius 1 is 1.21 bits per heavy atom. The molecule has 1 aromatic carbocycles. The molecule has 0 saturated carbocycles. The number of anilines is 2. The van der Waals surface area contributed by atoms with Gasteiger partial charge in [0.05, 0.1) is 18.7 Å². The number of amides is 1. The molecule has 0 aliphatic carbocycles. The van der Waals surface area contributed by atoms with E-state index in [-0.39, 0.29) is 11.9 Å². The molecule has 3 aromatic heterocycles. The van der Waals surface area contributed by atoms with E-state index in [1.807, 2.05) is 28.8 Å². The third-order valence-corrected chi connectivity index (χ3v) is 6.05. The Morgan fingerprint density at radius 2 is 2.09 bits per heavy atom. The lowest BCUT2D eigenvalue weighted by atomic mass is 10.1. The van der Waals surface area contributed by atoms with E-state index in [4.69, 9.17) is 15.5 Å². The molecule has 1 fully saturated rings. The van der Waals surface area contributed by atoms with Gasteiger partial charge in [-0.25, -0.2) is 15.0 Å². The molecule has 4 heterocycles. The SMILES string of the molecule is COc1cc(-c2nc(C3CCCN3C)n3ccnc(N)c23)ccc1C(=O)Nc1ccccn1. The van der Waals surface area contributed by atoms with E-state index < -0.39 is 0 Å². The van der Waals surface area contributed by atoms with Crippen molar-refractivity contribution in [1.29, 1.82) is 0 Å². The highest BCUT2D eigenvalue weighted by molar-refractivity contribution is 6.06. The Kier molecular flexibility index (Phi) is 5.39. The fourth-order valence-corrected chi connectivity index (χ4v) is 4.41. The van der Waals surface area contributed by atoms with Gasteiger partial charge < -0.3 is 15.8 Å². The van der Waals surface area contributed by atoms with Gasteiger partial charge in [-0.05, 0) is 50.7 Å². The van der Waals surface area contributed by atoms with Gasteiger partial charge in [-0.15, -0.1) is 0 Å². The zero-order chi connectivity index (χ0) is 22.9. The van der Waals surface area contributed by atoms with Crippen LogP contribution in [0.5, 0.6) is 5.75 Å². The number of benzene rings is 1. The molecule has 1 unspecified atom stereocenters. The van der Waals surface area contributed by atoms with Crippen molar-refractivity contribution in [3.8, 4) is 17.0 Å². The van der Waals surface area contributed by atoms with Gasteiger partial charge in [-0.1, -0.05) is 12.1 Å². The summed E-state index contributed by atoms with van der Waals surface area (Å²) in [5.41, 5.74) is 8.95. The lowest BCUT2D eigenvalue weighted by Crippen LogP contribution is -2.19. The van der Waals surface area contributed by atoms with Gasteiger partial charge in [0.25, 0.3) is 5.91 Å². The number of rotatable bonds is 5. The fourth-order valence-electron chi connectivity index (χ4n) is 4.41. The minimum atomic E-state index is -0.304. The third kappa shape index (κ3) is 3.76. The topological polar surface area (TPSA) is 111 Å². The molecule has 9 nitrogen and oxygen atoms in total. The normalized spacial score (nSPS) is 16.2. The van der Waals surface area contributed by atoms with E-state index in [1.54, 1.807) is 30.6 Å². The number of fused-ring (bicyclic) bond motifs is 1. The molecule has 0 radical (unpaired) electrons. The van der Waals surface area contributed by atoms with Crippen molar-refractivity contribution in [2.75, 3.05) is 31.8 Å². The number of hydrogen-bond acceptors (Lipinski definition) is 7. The summed E-state index contributed by atoms with van der Waals surface area (Å²) in [6, 6.07) is 10.9. The summed E-state index contributed by atoms with van der Waals surface area (Å²) in [7, 11) is 3.65. The van der Waals surface area contributed by atoms with E-state index in [2.05, 4.69) is 27.2 Å². The van der Waals surface area contributed by atoms with Crippen LogP contribution < -0.4 is 15.8 Å². The third-order valence-electron chi connectivity index (χ3n) is 6.05. The van der Waals surface area contributed by atoms with Crippen LogP contribution in [-0.4, -0.2) is 50.9 Å². The number of imidazole rings is 1. The van der Waals surface area contributed by atoms with Crippen LogP contribution in [0.3, 0.4) is 0 Å². The van der Waals surface area contributed by atoms with Crippen molar-refractivity contribution in [2.45, 2.75) is 18.9 Å². The van der Waals surface area contributed by atoms with Gasteiger partial charge in [-0.2, -0.15) is 0 Å². The fraction of sp³-hybridized carbons (Fsp3) is 0.250. The van der Waals surface area contributed by atoms with E-state index in [9.17, 15) is 4.79 Å². The molecule has 33 heavy (non-hydrogen) atoms. The number of nitrogen functional groups attached to an aromatic ring is 1. The number of carbonyl (C=O) groups excluding carboxylic acids is 1. The quantitative estimate of drug-likeness (QED) is 0.486. The van der Waals surface area contributed by atoms with Crippen LogP contribution in [0.2, 0.25) is 0 Å². The zero-order valence-electron chi connectivity index (χ0n) is 18.5. The molecular formula is C24H25N7O2. The first kappa shape index (κ1) is 20.9. The molecule has 1 aliphatic heterocycles. The summed E-state index contributed by atoms with van der Waals surface area (Å²) in [6.45, 7) is 1.03. The molecular weight excluding hydrogens is 418 g/mol. The molecule has 4 aromatic rings. The molecule has 1 amide bonds. The van der Waals surface area contributed by atoms with Crippen molar-refractivity contribution in [2.24, 2.45) is 0 Å². The summed E-state index contributed by atoms with van der Waals surface area (Å²) >= 11 is 0. The van der Waals surface area contributed by atoms with Crippen molar-refractivity contribution in [3.05, 3.63) is 66.4 Å². The molecule has 168 valence electrons. The highest BCUT2D eigenvalue weighted by Gasteiger charge is 2.29. The van der Waals surface area contributed by atoms with Gasteiger partial charge in [-0.3, -0.25) is 14.1 Å². The van der Waals surface area contributed by atoms with Crippen LogP contribution in [0, 0.1) is 0 Å². The molecule has 9 heteroatoms. The Balaban J connectivity index is 1.57. The van der Waals surface area contributed by atoms with Crippen molar-refractivity contribution >= 4 is 23.1 Å². The number of carbonyl (C=O) groups is 1. The highest BCUT2D eigenvalue weighted by atomic mass is 16.5. The second-order valence-electron chi connectivity index (χ2n) is 8.07. The molecule has 1 saturated heterocycles. The molecule has 0 bridgehead atoms. The maximum absolute atomic E-state index is 12.8. The number of likely N-dealkylation sites (tertiary alicyclic amines) is 1. The van der Waals surface area contributed by atoms with Gasteiger partial charge in [0.2, 0.25) is 0 Å². The zero-order valence-corrected chi connectivity index (χ0v) is 18.5. The number of nitrogens with zero attached hydrogens (tertiary/aromatic N) is 5. The van der Waals surface area contributed by atoms with Crippen LogP contribution in [0.15, 0.2) is 55.0 Å². The predicted octanol–water partition coefficient (Wildman–Crippen LogP) is 3.40. The summed E-state index contributed by atoms with van der Waals surface area (Å²) in [5, 5.41) is 2.79. The first-order chi connectivity index (χ1) is 16.1. The average Bonchev–Trinajstić information content (AvgIpc) is 3.43. The monoisotopic (exact) mass is 443 g/mol. The van der Waals surface area contributed by atoms with Gasteiger partial charge in [0.15, 0.2) is 0 Å². The van der Waals surface area contributed by atoms with Gasteiger partial charge in [0.1, 0.15) is 34.4 Å². The Bertz CT molecular complexity index is 1320. The molecule has 1 atom stereocenters. The Morgan fingerprint density at radius 3 is 2.82 bits per heavy atom. The summed E-state index contributed by atoms with van der Waals surface area (Å²) < 4.78 is 7.59. The number of pyridine rings is 1. The number of aromatic nitrogens is 4. The van der Waals surface area contributed by atoms with Crippen LogP contribution in [0.4, 0.5) is 11.6 Å². The maximum atomic E-state index is 12.8. The summed E-state index contributed by atoms with van der Waals surface area (Å²) in [6.07, 6.45) is 7.37. The first-order valence-corrected chi connectivity index (χ1v) is 10.8. The highest BCUT2D eigenvalue weighted by Crippen LogP contribution is 2.37. The molecule has 5 rings (SSSR count). The van der Waals surface area contributed by atoms with E-state index in [0.29, 0.717) is 28.6 Å². The van der Waals surface area contributed by atoms with Gasteiger partial charge >= 0.3 is 0 Å². The second kappa shape index (κ2) is 8.51. The largest absolute Gasteiger partial charge is 0.496 e. The lowest BCUT2D eigenvalue weighted by Gasteiger charge is -2.18. The van der Waals surface area contributed by atoms with Crippen LogP contribution in [0.1, 0.15) is 35.1 Å². The number of nitrogens with two attached hydrogens (primary N) is 1. The molecule has 3 N–H and O–H groups in total. The van der Waals surface area contributed by atoms with Crippen molar-refractivity contribution in [3.63, 3.8) is 0 Å². The van der Waals surface area contributed by atoms with Gasteiger partial charge in [0, 0.05) is 24.2 Å². The smallest absolute Gasteiger partial charge is 0.260 e.